The molecule has 0 saturated carbocycles. The van der Waals surface area contributed by atoms with Crippen molar-refractivity contribution in [1.82, 2.24) is 0 Å². The number of hydrogen-bond donors (Lipinski definition) is 5. The average Bonchev–Trinajstić information content (AvgIpc) is 2.75. The van der Waals surface area contributed by atoms with Crippen LogP contribution in [-0.4, -0.2) is 62.8 Å². The maximum atomic E-state index is 12.8. The van der Waals surface area contributed by atoms with Crippen LogP contribution in [0, 0.1) is 0 Å². The molecule has 30 heavy (non-hydrogen) atoms. The van der Waals surface area contributed by atoms with E-state index in [1.807, 2.05) is 0 Å². The van der Waals surface area contributed by atoms with Gasteiger partial charge >= 0.3 is 0 Å². The van der Waals surface area contributed by atoms with Crippen molar-refractivity contribution in [2.45, 2.75) is 30.7 Å². The highest BCUT2D eigenvalue weighted by molar-refractivity contribution is 5.82. The summed E-state index contributed by atoms with van der Waals surface area (Å²) in [6.45, 7) is -0.572. The molecule has 0 radical (unpaired) electrons. The number of phenolic OH excluding ortho intramolecular Hbond substituents is 1. The van der Waals surface area contributed by atoms with Gasteiger partial charge in [0.25, 0.3) is 0 Å². The first-order valence-corrected chi connectivity index (χ1v) is 9.21. The molecule has 9 nitrogen and oxygen atoms in total. The molecule has 0 unspecified atom stereocenters. The van der Waals surface area contributed by atoms with Crippen LogP contribution >= 0.6 is 0 Å². The second-order valence-corrected chi connectivity index (χ2v) is 7.00. The number of fused-ring (bicyclic) bond motifs is 1. The summed E-state index contributed by atoms with van der Waals surface area (Å²) in [5.74, 6) is 0.270. The van der Waals surface area contributed by atoms with Gasteiger partial charge in [0.05, 0.1) is 17.6 Å². The molecule has 1 saturated heterocycles. The zero-order valence-corrected chi connectivity index (χ0v) is 15.6. The Morgan fingerprint density at radius 2 is 1.70 bits per heavy atom. The van der Waals surface area contributed by atoms with Gasteiger partial charge in [-0.2, -0.15) is 0 Å². The Bertz CT molecular complexity index is 1090. The van der Waals surface area contributed by atoms with Crippen LogP contribution in [0.25, 0.3) is 22.1 Å². The van der Waals surface area contributed by atoms with Crippen molar-refractivity contribution >= 4 is 11.0 Å². The normalized spacial score (nSPS) is 26.6. The van der Waals surface area contributed by atoms with Crippen molar-refractivity contribution in [1.29, 1.82) is 0 Å². The number of benzene rings is 2. The number of ether oxygens (including phenoxy) is 2. The standard InChI is InChI=1S/C21H20O9/c22-8-16-18(25)19(26)20(27)21(30-16)29-12-5-6-13-15(7-12)28-9-14(17(13)24)10-1-3-11(23)4-2-10/h1-7,9,16,18-23,25-27H,8H2/t16-,18-,19+,20-,21+/m0/s1. The van der Waals surface area contributed by atoms with Crippen molar-refractivity contribution in [2.24, 2.45) is 0 Å². The fourth-order valence-electron chi connectivity index (χ4n) is 3.32. The van der Waals surface area contributed by atoms with Crippen molar-refractivity contribution in [3.63, 3.8) is 0 Å². The zero-order valence-electron chi connectivity index (χ0n) is 15.6. The lowest BCUT2D eigenvalue weighted by Crippen LogP contribution is -2.60. The second-order valence-electron chi connectivity index (χ2n) is 7.00. The molecule has 0 amide bonds. The van der Waals surface area contributed by atoms with Gasteiger partial charge in [-0.3, -0.25) is 4.79 Å². The molecular weight excluding hydrogens is 396 g/mol. The highest BCUT2D eigenvalue weighted by Crippen LogP contribution is 2.27. The van der Waals surface area contributed by atoms with E-state index in [0.717, 1.165) is 0 Å². The van der Waals surface area contributed by atoms with E-state index in [1.165, 1.54) is 36.6 Å². The lowest BCUT2D eigenvalue weighted by Gasteiger charge is -2.39. The molecule has 5 N–H and O–H groups in total. The van der Waals surface area contributed by atoms with Crippen LogP contribution in [0.3, 0.4) is 0 Å². The Kier molecular flexibility index (Phi) is 5.46. The van der Waals surface area contributed by atoms with Gasteiger partial charge in [0.15, 0.2) is 5.43 Å². The number of aromatic hydroxyl groups is 1. The Morgan fingerprint density at radius 3 is 2.40 bits per heavy atom. The van der Waals surface area contributed by atoms with Gasteiger partial charge < -0.3 is 39.4 Å². The minimum absolute atomic E-state index is 0.0823. The van der Waals surface area contributed by atoms with Gasteiger partial charge in [0, 0.05) is 6.07 Å². The summed E-state index contributed by atoms with van der Waals surface area (Å²) in [4.78, 5) is 12.8. The van der Waals surface area contributed by atoms with Crippen LogP contribution < -0.4 is 10.2 Å². The summed E-state index contributed by atoms with van der Waals surface area (Å²) in [6, 6.07) is 10.5. The molecular formula is C21H20O9. The molecule has 5 atom stereocenters. The highest BCUT2D eigenvalue weighted by atomic mass is 16.7. The summed E-state index contributed by atoms with van der Waals surface area (Å²) < 4.78 is 16.4. The van der Waals surface area contributed by atoms with Crippen LogP contribution in [-0.2, 0) is 4.74 Å². The van der Waals surface area contributed by atoms with E-state index in [2.05, 4.69) is 0 Å². The van der Waals surface area contributed by atoms with Crippen LogP contribution in [0.2, 0.25) is 0 Å². The number of rotatable bonds is 4. The highest BCUT2D eigenvalue weighted by Gasteiger charge is 2.44. The quantitative estimate of drug-likeness (QED) is 0.406. The maximum Gasteiger partial charge on any atom is 0.229 e. The minimum atomic E-state index is -1.56. The van der Waals surface area contributed by atoms with E-state index in [-0.39, 0.29) is 22.5 Å². The molecule has 0 bridgehead atoms. The first-order valence-electron chi connectivity index (χ1n) is 9.21. The fourth-order valence-corrected chi connectivity index (χ4v) is 3.32. The third-order valence-electron chi connectivity index (χ3n) is 5.03. The summed E-state index contributed by atoms with van der Waals surface area (Å²) >= 11 is 0. The number of phenols is 1. The Labute approximate surface area is 170 Å². The van der Waals surface area contributed by atoms with Crippen molar-refractivity contribution in [3.8, 4) is 22.6 Å². The average molecular weight is 416 g/mol. The van der Waals surface area contributed by atoms with E-state index in [0.29, 0.717) is 16.5 Å². The third kappa shape index (κ3) is 3.64. The van der Waals surface area contributed by atoms with Crippen molar-refractivity contribution < 1.29 is 39.4 Å². The van der Waals surface area contributed by atoms with Gasteiger partial charge in [-0.1, -0.05) is 12.1 Å². The molecule has 158 valence electrons. The number of aliphatic hydroxyl groups is 4. The van der Waals surface area contributed by atoms with E-state index in [1.54, 1.807) is 12.1 Å². The maximum absolute atomic E-state index is 12.8. The van der Waals surface area contributed by atoms with Crippen LogP contribution in [0.4, 0.5) is 0 Å². The molecule has 2 aromatic carbocycles. The molecule has 1 aromatic heterocycles. The molecule has 1 fully saturated rings. The van der Waals surface area contributed by atoms with Gasteiger partial charge in [0.2, 0.25) is 6.29 Å². The van der Waals surface area contributed by atoms with E-state index in [9.17, 15) is 30.3 Å². The van der Waals surface area contributed by atoms with Crippen LogP contribution in [0.1, 0.15) is 0 Å². The van der Waals surface area contributed by atoms with Gasteiger partial charge in [-0.05, 0) is 29.8 Å². The van der Waals surface area contributed by atoms with Crippen LogP contribution in [0.15, 0.2) is 57.9 Å². The fraction of sp³-hybridized carbons (Fsp3) is 0.286. The zero-order chi connectivity index (χ0) is 21.4. The summed E-state index contributed by atoms with van der Waals surface area (Å²) in [5, 5.41) is 48.7. The lowest BCUT2D eigenvalue weighted by molar-refractivity contribution is -0.277. The van der Waals surface area contributed by atoms with Gasteiger partial charge in [-0.15, -0.1) is 0 Å². The van der Waals surface area contributed by atoms with Gasteiger partial charge in [-0.25, -0.2) is 0 Å². The smallest absolute Gasteiger partial charge is 0.229 e. The summed E-state index contributed by atoms with van der Waals surface area (Å²) in [7, 11) is 0. The molecule has 2 heterocycles. The first-order chi connectivity index (χ1) is 14.4. The monoisotopic (exact) mass is 416 g/mol. The van der Waals surface area contributed by atoms with E-state index < -0.39 is 37.3 Å². The first kappa shape index (κ1) is 20.3. The van der Waals surface area contributed by atoms with Crippen LogP contribution in [0.5, 0.6) is 11.5 Å². The SMILES string of the molecule is O=c1c(-c2ccc(O)cc2)coc2cc(O[C@@H]3O[C@@H](CO)[C@H](O)[C@@H](O)[C@@H]3O)ccc12. The largest absolute Gasteiger partial charge is 0.508 e. The van der Waals surface area contributed by atoms with Gasteiger partial charge in [0.1, 0.15) is 47.8 Å². The molecule has 0 spiro atoms. The third-order valence-corrected chi connectivity index (χ3v) is 5.03. The van der Waals surface area contributed by atoms with Crippen molar-refractivity contribution in [2.75, 3.05) is 6.61 Å². The Morgan fingerprint density at radius 1 is 0.967 bits per heavy atom. The number of aliphatic hydroxyl groups excluding tert-OH is 4. The minimum Gasteiger partial charge on any atom is -0.508 e. The molecule has 1 aliphatic rings. The second kappa shape index (κ2) is 8.05. The predicted molar refractivity (Wildman–Crippen MR) is 104 cm³/mol. The Hall–Kier alpha value is -2.95. The molecule has 3 aromatic rings. The summed E-state index contributed by atoms with van der Waals surface area (Å²) in [5.41, 5.74) is 0.862. The molecule has 0 aliphatic carbocycles. The lowest BCUT2D eigenvalue weighted by atomic mass is 9.99. The van der Waals surface area contributed by atoms with E-state index in [4.69, 9.17) is 13.9 Å². The molecule has 4 rings (SSSR count). The number of hydrogen-bond acceptors (Lipinski definition) is 9. The predicted octanol–water partition coefficient (Wildman–Crippen LogP) is 0.344. The van der Waals surface area contributed by atoms with E-state index >= 15 is 0 Å². The topological polar surface area (TPSA) is 150 Å². The molecule has 1 aliphatic heterocycles. The molecule has 9 heteroatoms. The Balaban J connectivity index is 1.62. The van der Waals surface area contributed by atoms with Crippen molar-refractivity contribution in [3.05, 3.63) is 59.0 Å². The summed E-state index contributed by atoms with van der Waals surface area (Å²) in [6.07, 6.45) is -5.75.